The number of nitrogens with zero attached hydrogens (tertiary/aromatic N) is 5. The van der Waals surface area contributed by atoms with Crippen LogP contribution in [0.4, 0.5) is 0 Å². The Labute approximate surface area is 241 Å². The zero-order valence-corrected chi connectivity index (χ0v) is 24.6. The molecule has 2 saturated heterocycles. The Kier molecular flexibility index (Phi) is 8.52. The monoisotopic (exact) mass is 568 g/mol. The average molecular weight is 569 g/mol. The van der Waals surface area contributed by atoms with Crippen LogP contribution in [0.2, 0.25) is 0 Å². The molecule has 2 aliphatic heterocycles. The third-order valence-electron chi connectivity index (χ3n) is 8.66. The number of carbonyl (C=O) groups is 2. The highest BCUT2D eigenvalue weighted by molar-refractivity contribution is 5.90. The lowest BCUT2D eigenvalue weighted by atomic mass is 9.85. The molecule has 1 aromatic carbocycles. The quantitative estimate of drug-likeness (QED) is 0.414. The summed E-state index contributed by atoms with van der Waals surface area (Å²) in [6, 6.07) is 8.52. The number of carbonyl (C=O) groups excluding carboxylic acids is 2. The number of rotatable bonds is 9. The summed E-state index contributed by atoms with van der Waals surface area (Å²) in [6.45, 7) is 9.34. The molecule has 224 valence electrons. The lowest BCUT2D eigenvalue weighted by Crippen LogP contribution is -2.67. The van der Waals surface area contributed by atoms with Gasteiger partial charge in [0.15, 0.2) is 0 Å². The zero-order valence-electron chi connectivity index (χ0n) is 24.6. The van der Waals surface area contributed by atoms with Crippen molar-refractivity contribution < 1.29 is 24.5 Å². The maximum atomic E-state index is 14.0. The van der Waals surface area contributed by atoms with Crippen molar-refractivity contribution in [1.82, 2.24) is 30.1 Å². The molecular formula is C30H44N6O5. The Morgan fingerprint density at radius 2 is 1.95 bits per heavy atom. The molecule has 2 amide bonds. The minimum absolute atomic E-state index is 0.0233. The van der Waals surface area contributed by atoms with E-state index in [2.05, 4.69) is 20.5 Å². The molecular weight excluding hydrogens is 524 g/mol. The molecule has 2 aromatic rings. The van der Waals surface area contributed by atoms with Gasteiger partial charge in [-0.2, -0.15) is 0 Å². The van der Waals surface area contributed by atoms with Gasteiger partial charge < -0.3 is 25.2 Å². The fraction of sp³-hybridized carbons (Fsp3) is 0.667. The number of morpholine rings is 1. The summed E-state index contributed by atoms with van der Waals surface area (Å²) in [5.74, 6) is -0.220. The standard InChI is InChI=1S/C30H44N6O5/c1-20-16-41-19-30(18-37,35(20)13-21-8-6-5-7-9-21)17-31-27(39)25-12-23(38)14-34(25)28(40)26(29(2,3)4)36-15-24(32-33-36)22-10-11-22/h5-9,15,20,22-23,25-26,37-38H,10-14,16-19H2,1-4H3,(H,31,39)/t20-,23?,25?,26-,30+/m1/s1. The molecule has 0 spiro atoms. The number of hydrogen-bond donors (Lipinski definition) is 3. The highest BCUT2D eigenvalue weighted by Crippen LogP contribution is 2.40. The van der Waals surface area contributed by atoms with E-state index in [1.54, 1.807) is 4.68 Å². The molecule has 11 heteroatoms. The van der Waals surface area contributed by atoms with Crippen LogP contribution in [0.5, 0.6) is 0 Å². The third kappa shape index (κ3) is 6.33. The molecule has 5 atom stereocenters. The van der Waals surface area contributed by atoms with Gasteiger partial charge in [0, 0.05) is 44.2 Å². The van der Waals surface area contributed by atoms with E-state index >= 15 is 0 Å². The minimum atomic E-state index is -0.839. The fourth-order valence-corrected chi connectivity index (χ4v) is 6.20. The number of β-amino-alcohol motifs (C(OH)–C–C–N with tert-alkyl or cyclic N) is 1. The first-order chi connectivity index (χ1) is 19.5. The van der Waals surface area contributed by atoms with Crippen molar-refractivity contribution in [3.05, 3.63) is 47.8 Å². The van der Waals surface area contributed by atoms with Crippen LogP contribution in [0.1, 0.15) is 70.2 Å². The van der Waals surface area contributed by atoms with Crippen molar-refractivity contribution in [2.75, 3.05) is 32.9 Å². The molecule has 1 aliphatic carbocycles. The average Bonchev–Trinajstić information content (AvgIpc) is 3.55. The van der Waals surface area contributed by atoms with E-state index in [-0.39, 0.29) is 50.6 Å². The van der Waals surface area contributed by atoms with Gasteiger partial charge in [-0.1, -0.05) is 56.3 Å². The predicted molar refractivity (Wildman–Crippen MR) is 152 cm³/mol. The van der Waals surface area contributed by atoms with E-state index < -0.39 is 29.1 Å². The summed E-state index contributed by atoms with van der Waals surface area (Å²) in [7, 11) is 0. The van der Waals surface area contributed by atoms with E-state index in [1.165, 1.54) is 4.90 Å². The number of nitrogens with one attached hydrogen (secondary N) is 1. The van der Waals surface area contributed by atoms with Crippen LogP contribution in [0.25, 0.3) is 0 Å². The van der Waals surface area contributed by atoms with Crippen LogP contribution in [-0.4, -0.2) is 103 Å². The number of ether oxygens (including phenoxy) is 1. The minimum Gasteiger partial charge on any atom is -0.394 e. The van der Waals surface area contributed by atoms with Crippen molar-refractivity contribution in [3.63, 3.8) is 0 Å². The molecule has 1 saturated carbocycles. The SMILES string of the molecule is C[C@@H]1COC[C@@](CO)(CNC(=O)C2CC(O)CN2C(=O)[C@@H](n2cc(C3CC3)nn2)C(C)(C)C)N1Cc1ccccc1. The number of amides is 2. The van der Waals surface area contributed by atoms with Crippen molar-refractivity contribution in [1.29, 1.82) is 0 Å². The van der Waals surface area contributed by atoms with E-state index in [0.717, 1.165) is 24.1 Å². The van der Waals surface area contributed by atoms with Gasteiger partial charge >= 0.3 is 0 Å². The number of aliphatic hydroxyl groups is 2. The van der Waals surface area contributed by atoms with Crippen molar-refractivity contribution in [2.24, 2.45) is 5.41 Å². The van der Waals surface area contributed by atoms with Crippen LogP contribution in [0.3, 0.4) is 0 Å². The van der Waals surface area contributed by atoms with Crippen molar-refractivity contribution in [2.45, 2.75) is 89.2 Å². The molecule has 5 rings (SSSR count). The summed E-state index contributed by atoms with van der Waals surface area (Å²) in [5, 5.41) is 32.8. The maximum absolute atomic E-state index is 14.0. The van der Waals surface area contributed by atoms with Crippen molar-refractivity contribution >= 4 is 11.8 Å². The van der Waals surface area contributed by atoms with Crippen molar-refractivity contribution in [3.8, 4) is 0 Å². The smallest absolute Gasteiger partial charge is 0.248 e. The van der Waals surface area contributed by atoms with Crippen LogP contribution in [-0.2, 0) is 20.9 Å². The number of aromatic nitrogens is 3. The lowest BCUT2D eigenvalue weighted by Gasteiger charge is -2.49. The van der Waals surface area contributed by atoms with E-state index in [9.17, 15) is 19.8 Å². The molecule has 41 heavy (non-hydrogen) atoms. The molecule has 0 radical (unpaired) electrons. The van der Waals surface area contributed by atoms with Gasteiger partial charge in [-0.3, -0.25) is 14.5 Å². The van der Waals surface area contributed by atoms with E-state index in [1.807, 2.05) is 64.2 Å². The topological polar surface area (TPSA) is 133 Å². The highest BCUT2D eigenvalue weighted by atomic mass is 16.5. The normalized spacial score (nSPS) is 28.0. The zero-order chi connectivity index (χ0) is 29.4. The first kappa shape index (κ1) is 29.6. The van der Waals surface area contributed by atoms with Gasteiger partial charge in [0.25, 0.3) is 0 Å². The molecule has 0 bridgehead atoms. The van der Waals surface area contributed by atoms with Crippen LogP contribution < -0.4 is 5.32 Å². The molecule has 11 nitrogen and oxygen atoms in total. The van der Waals surface area contributed by atoms with Crippen LogP contribution >= 0.6 is 0 Å². The van der Waals surface area contributed by atoms with Gasteiger partial charge in [-0.05, 0) is 30.7 Å². The lowest BCUT2D eigenvalue weighted by molar-refractivity contribution is -0.145. The fourth-order valence-electron chi connectivity index (χ4n) is 6.20. The Morgan fingerprint density at radius 3 is 2.61 bits per heavy atom. The second-order valence-corrected chi connectivity index (χ2v) is 13.1. The molecule has 3 N–H and O–H groups in total. The Morgan fingerprint density at radius 1 is 1.22 bits per heavy atom. The van der Waals surface area contributed by atoms with Gasteiger partial charge in [0.1, 0.15) is 12.1 Å². The molecule has 3 aliphatic rings. The number of aliphatic hydroxyl groups excluding tert-OH is 2. The van der Waals surface area contributed by atoms with Gasteiger partial charge in [0.2, 0.25) is 11.8 Å². The first-order valence-electron chi connectivity index (χ1n) is 14.7. The second-order valence-electron chi connectivity index (χ2n) is 13.1. The van der Waals surface area contributed by atoms with E-state index in [4.69, 9.17) is 4.74 Å². The first-order valence-corrected chi connectivity index (χ1v) is 14.7. The van der Waals surface area contributed by atoms with Gasteiger partial charge in [-0.15, -0.1) is 5.10 Å². The molecule has 2 unspecified atom stereocenters. The Bertz CT molecular complexity index is 1210. The maximum Gasteiger partial charge on any atom is 0.248 e. The molecule has 3 heterocycles. The molecule has 1 aromatic heterocycles. The summed E-state index contributed by atoms with van der Waals surface area (Å²) in [4.78, 5) is 31.4. The second kappa shape index (κ2) is 11.8. The van der Waals surface area contributed by atoms with Crippen LogP contribution in [0, 0.1) is 5.41 Å². The number of benzene rings is 1. The molecule has 3 fully saturated rings. The number of likely N-dealkylation sites (tertiary alicyclic amines) is 1. The van der Waals surface area contributed by atoms with E-state index in [0.29, 0.717) is 19.1 Å². The van der Waals surface area contributed by atoms with Gasteiger partial charge in [-0.25, -0.2) is 4.68 Å². The van der Waals surface area contributed by atoms with Crippen LogP contribution in [0.15, 0.2) is 36.5 Å². The Balaban J connectivity index is 1.32. The number of hydrogen-bond acceptors (Lipinski definition) is 8. The third-order valence-corrected chi connectivity index (χ3v) is 8.66. The Hall–Kier alpha value is -2.86. The summed E-state index contributed by atoms with van der Waals surface area (Å²) in [6.07, 6.45) is 3.34. The predicted octanol–water partition coefficient (Wildman–Crippen LogP) is 1.47. The van der Waals surface area contributed by atoms with Gasteiger partial charge in [0.05, 0.1) is 37.2 Å². The summed E-state index contributed by atoms with van der Waals surface area (Å²) < 4.78 is 7.48. The largest absolute Gasteiger partial charge is 0.394 e. The summed E-state index contributed by atoms with van der Waals surface area (Å²) in [5.41, 5.74) is 0.658. The highest BCUT2D eigenvalue weighted by Gasteiger charge is 2.47. The summed E-state index contributed by atoms with van der Waals surface area (Å²) >= 11 is 0.